The average Bonchev–Trinajstić information content (AvgIpc) is 3.03. The highest BCUT2D eigenvalue weighted by Gasteiger charge is 2.06. The Balaban J connectivity index is 0.000000185. The highest BCUT2D eigenvalue weighted by atomic mass is 127. The molecule has 0 radical (unpaired) electrons. The fourth-order valence-electron chi connectivity index (χ4n) is 2.03. The molecule has 0 saturated heterocycles. The third-order valence-corrected chi connectivity index (χ3v) is 4.63. The first kappa shape index (κ1) is 18.2. The van der Waals surface area contributed by atoms with Crippen molar-refractivity contribution in [3.8, 4) is 23.4 Å². The van der Waals surface area contributed by atoms with E-state index in [4.69, 9.17) is 10.5 Å². The molecule has 4 nitrogen and oxygen atoms in total. The van der Waals surface area contributed by atoms with Gasteiger partial charge in [0.15, 0.2) is 0 Å². The van der Waals surface area contributed by atoms with Gasteiger partial charge in [-0.05, 0) is 52.9 Å². The molecule has 2 aromatic carbocycles. The molecule has 0 saturated carbocycles. The standard InChI is InChI=1S/C11H9N3.C7H3BrIN/c1-14-11(6-7-13-14)10-5-3-2-4-9(10)8-12;8-6-1-2-7(9)5(3-6)4-10/h2-7H,1H3;1-3H. The van der Waals surface area contributed by atoms with Crippen LogP contribution in [0.15, 0.2) is 59.2 Å². The Labute approximate surface area is 162 Å². The van der Waals surface area contributed by atoms with Crippen molar-refractivity contribution in [2.75, 3.05) is 0 Å². The molecule has 1 aromatic heterocycles. The zero-order valence-electron chi connectivity index (χ0n) is 12.7. The lowest BCUT2D eigenvalue weighted by Crippen LogP contribution is -1.94. The van der Waals surface area contributed by atoms with E-state index >= 15 is 0 Å². The van der Waals surface area contributed by atoms with Crippen molar-refractivity contribution in [3.05, 3.63) is 73.9 Å². The Morgan fingerprint density at radius 2 is 1.75 bits per heavy atom. The predicted molar refractivity (Wildman–Crippen MR) is 105 cm³/mol. The van der Waals surface area contributed by atoms with Crippen LogP contribution < -0.4 is 0 Å². The summed E-state index contributed by atoms with van der Waals surface area (Å²) in [7, 11) is 1.86. The van der Waals surface area contributed by atoms with E-state index in [0.717, 1.165) is 24.9 Å². The van der Waals surface area contributed by atoms with Crippen LogP contribution in [0.5, 0.6) is 0 Å². The third kappa shape index (κ3) is 4.44. The first-order valence-electron chi connectivity index (χ1n) is 6.89. The highest BCUT2D eigenvalue weighted by Crippen LogP contribution is 2.21. The topological polar surface area (TPSA) is 65.4 Å². The minimum absolute atomic E-state index is 0.677. The number of nitrogens with zero attached hydrogens (tertiary/aromatic N) is 4. The summed E-state index contributed by atoms with van der Waals surface area (Å²) in [6.07, 6.45) is 1.73. The second kappa shape index (κ2) is 8.62. The van der Waals surface area contributed by atoms with Crippen molar-refractivity contribution in [2.24, 2.45) is 7.05 Å². The van der Waals surface area contributed by atoms with E-state index < -0.39 is 0 Å². The molecular formula is C18H12BrIN4. The second-order valence-corrected chi connectivity index (χ2v) is 6.81. The minimum Gasteiger partial charge on any atom is -0.268 e. The summed E-state index contributed by atoms with van der Waals surface area (Å²) in [6.45, 7) is 0. The Morgan fingerprint density at radius 1 is 1.04 bits per heavy atom. The van der Waals surface area contributed by atoms with Crippen LogP contribution in [0.3, 0.4) is 0 Å². The molecule has 0 aliphatic heterocycles. The van der Waals surface area contributed by atoms with E-state index in [2.05, 4.69) is 55.8 Å². The molecule has 6 heteroatoms. The molecule has 0 bridgehead atoms. The van der Waals surface area contributed by atoms with Gasteiger partial charge in [0.05, 0.1) is 22.9 Å². The first-order chi connectivity index (χ1) is 11.6. The number of aromatic nitrogens is 2. The van der Waals surface area contributed by atoms with Gasteiger partial charge in [-0.3, -0.25) is 4.68 Å². The van der Waals surface area contributed by atoms with E-state index in [1.165, 1.54) is 0 Å². The minimum atomic E-state index is 0.677. The molecule has 0 aliphatic carbocycles. The predicted octanol–water partition coefficient (Wildman–Crippen LogP) is 4.88. The quantitative estimate of drug-likeness (QED) is 0.456. The van der Waals surface area contributed by atoms with Crippen molar-refractivity contribution >= 4 is 38.5 Å². The van der Waals surface area contributed by atoms with Gasteiger partial charge in [-0.15, -0.1) is 0 Å². The van der Waals surface area contributed by atoms with E-state index in [0.29, 0.717) is 5.56 Å². The first-order valence-corrected chi connectivity index (χ1v) is 8.76. The molecule has 0 spiro atoms. The molecule has 1 heterocycles. The summed E-state index contributed by atoms with van der Waals surface area (Å²) in [4.78, 5) is 0. The number of rotatable bonds is 1. The summed E-state index contributed by atoms with van der Waals surface area (Å²) in [5.74, 6) is 0. The van der Waals surface area contributed by atoms with Gasteiger partial charge in [0, 0.05) is 26.9 Å². The summed E-state index contributed by atoms with van der Waals surface area (Å²) in [5, 5.41) is 21.6. The van der Waals surface area contributed by atoms with Crippen molar-refractivity contribution in [1.82, 2.24) is 9.78 Å². The monoisotopic (exact) mass is 490 g/mol. The Bertz CT molecular complexity index is 935. The van der Waals surface area contributed by atoms with Crippen LogP contribution in [-0.2, 0) is 7.05 Å². The fourth-order valence-corrected chi connectivity index (χ4v) is 2.84. The fraction of sp³-hybridized carbons (Fsp3) is 0.0556. The lowest BCUT2D eigenvalue weighted by molar-refractivity contribution is 0.775. The maximum Gasteiger partial charge on any atom is 0.100 e. The van der Waals surface area contributed by atoms with Crippen molar-refractivity contribution in [1.29, 1.82) is 10.5 Å². The Kier molecular flexibility index (Phi) is 6.53. The lowest BCUT2D eigenvalue weighted by Gasteiger charge is -2.03. The van der Waals surface area contributed by atoms with E-state index in [1.54, 1.807) is 10.9 Å². The number of hydrogen-bond acceptors (Lipinski definition) is 3. The molecule has 0 unspecified atom stereocenters. The molecule has 0 atom stereocenters. The molecule has 0 amide bonds. The van der Waals surface area contributed by atoms with Gasteiger partial charge in [-0.2, -0.15) is 15.6 Å². The van der Waals surface area contributed by atoms with Gasteiger partial charge in [0.1, 0.15) is 6.07 Å². The maximum absolute atomic E-state index is 8.93. The number of aryl methyl sites for hydroxylation is 1. The van der Waals surface area contributed by atoms with Gasteiger partial charge in [0.2, 0.25) is 0 Å². The summed E-state index contributed by atoms with van der Waals surface area (Å²) >= 11 is 5.42. The third-order valence-electron chi connectivity index (χ3n) is 3.19. The molecule has 0 aliphatic rings. The summed E-state index contributed by atoms with van der Waals surface area (Å²) in [6, 6.07) is 19.3. The molecule has 3 aromatic rings. The van der Waals surface area contributed by atoms with Crippen molar-refractivity contribution in [2.45, 2.75) is 0 Å². The number of hydrogen-bond donors (Lipinski definition) is 0. The number of halogens is 2. The number of benzene rings is 2. The van der Waals surface area contributed by atoms with Crippen LogP contribution in [-0.4, -0.2) is 9.78 Å². The Morgan fingerprint density at radius 3 is 2.33 bits per heavy atom. The maximum atomic E-state index is 8.93. The molecule has 0 N–H and O–H groups in total. The van der Waals surface area contributed by atoms with Gasteiger partial charge in [-0.25, -0.2) is 0 Å². The average molecular weight is 491 g/mol. The van der Waals surface area contributed by atoms with Crippen LogP contribution in [0.1, 0.15) is 11.1 Å². The molecule has 0 fully saturated rings. The van der Waals surface area contributed by atoms with Crippen LogP contribution in [0.4, 0.5) is 0 Å². The van der Waals surface area contributed by atoms with Gasteiger partial charge >= 0.3 is 0 Å². The van der Waals surface area contributed by atoms with Crippen LogP contribution in [0, 0.1) is 26.2 Å². The smallest absolute Gasteiger partial charge is 0.100 e. The van der Waals surface area contributed by atoms with Crippen LogP contribution >= 0.6 is 38.5 Å². The zero-order valence-corrected chi connectivity index (χ0v) is 16.5. The highest BCUT2D eigenvalue weighted by molar-refractivity contribution is 14.1. The molecule has 3 rings (SSSR count). The SMILES string of the molecule is Cn1nccc1-c1ccccc1C#N.N#Cc1cc(Br)ccc1I. The molecule has 118 valence electrons. The molecule has 24 heavy (non-hydrogen) atoms. The van der Waals surface area contributed by atoms with Crippen molar-refractivity contribution in [3.63, 3.8) is 0 Å². The van der Waals surface area contributed by atoms with Crippen LogP contribution in [0.2, 0.25) is 0 Å². The normalized spacial score (nSPS) is 9.38. The Hall–Kier alpha value is -2.16. The lowest BCUT2D eigenvalue weighted by atomic mass is 10.1. The van der Waals surface area contributed by atoms with Crippen LogP contribution in [0.25, 0.3) is 11.3 Å². The number of nitriles is 2. The zero-order chi connectivity index (χ0) is 17.5. The van der Waals surface area contributed by atoms with E-state index in [1.807, 2.05) is 55.6 Å². The van der Waals surface area contributed by atoms with Gasteiger partial charge < -0.3 is 0 Å². The van der Waals surface area contributed by atoms with E-state index in [9.17, 15) is 0 Å². The summed E-state index contributed by atoms with van der Waals surface area (Å²) in [5.41, 5.74) is 3.28. The van der Waals surface area contributed by atoms with Gasteiger partial charge in [0.25, 0.3) is 0 Å². The molecular weight excluding hydrogens is 479 g/mol. The second-order valence-electron chi connectivity index (χ2n) is 4.73. The van der Waals surface area contributed by atoms with Gasteiger partial charge in [-0.1, -0.05) is 34.1 Å². The van der Waals surface area contributed by atoms with E-state index in [-0.39, 0.29) is 0 Å². The summed E-state index contributed by atoms with van der Waals surface area (Å²) < 4.78 is 3.70. The largest absolute Gasteiger partial charge is 0.268 e. The van der Waals surface area contributed by atoms with Crippen molar-refractivity contribution < 1.29 is 0 Å².